The van der Waals surface area contributed by atoms with Gasteiger partial charge in [0.2, 0.25) is 0 Å². The molecule has 1 heterocycles. The zero-order valence-electron chi connectivity index (χ0n) is 19.1. The van der Waals surface area contributed by atoms with Crippen molar-refractivity contribution >= 4 is 5.84 Å². The number of nitrogens with zero attached hydrogens (tertiary/aromatic N) is 1. The first-order chi connectivity index (χ1) is 16.0. The molecule has 3 N–H and O–H groups in total. The fourth-order valence-electron chi connectivity index (χ4n) is 4.75. The van der Waals surface area contributed by atoms with Crippen molar-refractivity contribution in [2.75, 3.05) is 0 Å². The number of para-hydroxylation sites is 1. The van der Waals surface area contributed by atoms with E-state index in [-0.39, 0.29) is 5.41 Å². The molecule has 1 aliphatic heterocycles. The minimum absolute atomic E-state index is 0.181. The van der Waals surface area contributed by atoms with Crippen molar-refractivity contribution < 1.29 is 4.74 Å². The van der Waals surface area contributed by atoms with Gasteiger partial charge in [-0.15, -0.1) is 0 Å². The van der Waals surface area contributed by atoms with Crippen molar-refractivity contribution in [3.63, 3.8) is 0 Å². The summed E-state index contributed by atoms with van der Waals surface area (Å²) in [6, 6.07) is 24.2. The average molecular weight is 436 g/mol. The van der Waals surface area contributed by atoms with Crippen molar-refractivity contribution in [2.24, 2.45) is 5.73 Å². The van der Waals surface area contributed by atoms with Crippen LogP contribution in [0.15, 0.2) is 96.7 Å². The SMILES string of the molecule is CC1(C)c2ccccc2Oc2cc(C(=N)N(C3=CCCC=C3)C(N)c3ccccc3)ccc21. The Morgan fingerprint density at radius 3 is 2.42 bits per heavy atom. The number of hydrogen-bond acceptors (Lipinski definition) is 3. The van der Waals surface area contributed by atoms with Crippen LogP contribution in [0.1, 0.15) is 55.1 Å². The summed E-state index contributed by atoms with van der Waals surface area (Å²) in [5.41, 5.74) is 11.5. The predicted octanol–water partition coefficient (Wildman–Crippen LogP) is 6.64. The molecular formula is C29H29N3O. The van der Waals surface area contributed by atoms with Gasteiger partial charge in [-0.25, -0.2) is 0 Å². The summed E-state index contributed by atoms with van der Waals surface area (Å²) in [4.78, 5) is 1.91. The van der Waals surface area contributed by atoms with E-state index in [0.29, 0.717) is 5.84 Å². The predicted molar refractivity (Wildman–Crippen MR) is 134 cm³/mol. The second-order valence-corrected chi connectivity index (χ2v) is 9.12. The molecule has 1 atom stereocenters. The van der Waals surface area contributed by atoms with Crippen LogP contribution in [0.3, 0.4) is 0 Å². The van der Waals surface area contributed by atoms with E-state index in [1.54, 1.807) is 0 Å². The van der Waals surface area contributed by atoms with Crippen LogP contribution in [-0.2, 0) is 5.41 Å². The quantitative estimate of drug-likeness (QED) is 0.274. The Labute approximate surface area is 195 Å². The lowest BCUT2D eigenvalue weighted by molar-refractivity contribution is 0.398. The molecule has 0 radical (unpaired) electrons. The van der Waals surface area contributed by atoms with Gasteiger partial charge in [-0.3, -0.25) is 5.41 Å². The first-order valence-corrected chi connectivity index (χ1v) is 11.4. The zero-order chi connectivity index (χ0) is 23.0. The van der Waals surface area contributed by atoms with Crippen LogP contribution in [0, 0.1) is 5.41 Å². The molecule has 166 valence electrons. The summed E-state index contributed by atoms with van der Waals surface area (Å²) < 4.78 is 6.30. The van der Waals surface area contributed by atoms with E-state index in [1.807, 2.05) is 65.6 Å². The second-order valence-electron chi connectivity index (χ2n) is 9.12. The lowest BCUT2D eigenvalue weighted by Crippen LogP contribution is -2.39. The molecule has 1 unspecified atom stereocenters. The Kier molecular flexibility index (Phi) is 5.39. The minimum atomic E-state index is -0.471. The third-order valence-corrected chi connectivity index (χ3v) is 6.62. The van der Waals surface area contributed by atoms with E-state index >= 15 is 0 Å². The highest BCUT2D eigenvalue weighted by Gasteiger charge is 2.34. The van der Waals surface area contributed by atoms with E-state index < -0.39 is 6.17 Å². The van der Waals surface area contributed by atoms with Crippen LogP contribution < -0.4 is 10.5 Å². The van der Waals surface area contributed by atoms with Gasteiger partial charge in [-0.2, -0.15) is 0 Å². The normalized spacial score (nSPS) is 16.6. The number of nitrogens with two attached hydrogens (primary N) is 1. The second kappa shape index (κ2) is 8.38. The molecule has 33 heavy (non-hydrogen) atoms. The summed E-state index contributed by atoms with van der Waals surface area (Å²) in [7, 11) is 0. The molecule has 3 aromatic carbocycles. The van der Waals surface area contributed by atoms with Crippen LogP contribution in [-0.4, -0.2) is 10.7 Å². The van der Waals surface area contributed by atoms with Gasteiger partial charge in [0, 0.05) is 27.8 Å². The van der Waals surface area contributed by atoms with Gasteiger partial charge in [0.25, 0.3) is 0 Å². The first-order valence-electron chi connectivity index (χ1n) is 11.4. The van der Waals surface area contributed by atoms with Crippen molar-refractivity contribution in [2.45, 2.75) is 38.3 Å². The summed E-state index contributed by atoms with van der Waals surface area (Å²) in [6.07, 6.45) is 7.84. The molecule has 3 aromatic rings. The Balaban J connectivity index is 1.55. The molecule has 4 heteroatoms. The van der Waals surface area contributed by atoms with Gasteiger partial charge in [0.15, 0.2) is 0 Å². The van der Waals surface area contributed by atoms with E-state index in [4.69, 9.17) is 10.5 Å². The molecule has 2 aliphatic rings. The molecule has 0 bridgehead atoms. The Bertz CT molecular complexity index is 1260. The molecule has 0 saturated heterocycles. The summed E-state index contributed by atoms with van der Waals surface area (Å²) in [5.74, 6) is 2.02. The maximum Gasteiger partial charge on any atom is 0.134 e. The number of benzene rings is 3. The maximum atomic E-state index is 9.18. The molecule has 0 amide bonds. The van der Waals surface area contributed by atoms with Crippen LogP contribution in [0.4, 0.5) is 0 Å². The molecule has 0 spiro atoms. The summed E-state index contributed by atoms with van der Waals surface area (Å²) >= 11 is 0. The third kappa shape index (κ3) is 3.77. The van der Waals surface area contributed by atoms with E-state index in [2.05, 4.69) is 44.2 Å². The van der Waals surface area contributed by atoms with Crippen LogP contribution in [0.5, 0.6) is 11.5 Å². The first kappa shape index (κ1) is 21.2. The van der Waals surface area contributed by atoms with Crippen molar-refractivity contribution in [1.29, 1.82) is 5.41 Å². The van der Waals surface area contributed by atoms with E-state index in [0.717, 1.165) is 46.7 Å². The molecular weight excluding hydrogens is 406 g/mol. The van der Waals surface area contributed by atoms with Gasteiger partial charge in [0.1, 0.15) is 23.5 Å². The summed E-state index contributed by atoms with van der Waals surface area (Å²) in [6.45, 7) is 4.43. The van der Waals surface area contributed by atoms with Crippen LogP contribution >= 0.6 is 0 Å². The topological polar surface area (TPSA) is 62.3 Å². The third-order valence-electron chi connectivity index (χ3n) is 6.62. The van der Waals surface area contributed by atoms with Crippen LogP contribution in [0.2, 0.25) is 0 Å². The molecule has 5 rings (SSSR count). The maximum absolute atomic E-state index is 9.18. The highest BCUT2D eigenvalue weighted by Crippen LogP contribution is 2.48. The van der Waals surface area contributed by atoms with Crippen molar-refractivity contribution in [1.82, 2.24) is 4.90 Å². The van der Waals surface area contributed by atoms with Gasteiger partial charge < -0.3 is 15.4 Å². The summed E-state index contributed by atoms with van der Waals surface area (Å²) in [5, 5.41) is 9.18. The van der Waals surface area contributed by atoms with Crippen LogP contribution in [0.25, 0.3) is 0 Å². The molecule has 0 fully saturated rings. The van der Waals surface area contributed by atoms with Gasteiger partial charge in [-0.1, -0.05) is 86.7 Å². The smallest absolute Gasteiger partial charge is 0.134 e. The number of ether oxygens (including phenoxy) is 1. The standard InChI is InChI=1S/C29H29N3O/c1-29(2)23-15-9-10-16-25(23)33-26-19-21(17-18-24(26)29)28(31)32(22-13-7-4-8-14-22)27(30)20-11-5-3-6-12-20/h3,5-7,9-19,27,31H,4,8,30H2,1-2H3. The van der Waals surface area contributed by atoms with E-state index in [1.165, 1.54) is 5.56 Å². The van der Waals surface area contributed by atoms with Crippen molar-refractivity contribution in [3.8, 4) is 11.5 Å². The molecule has 0 aromatic heterocycles. The number of hydrogen-bond donors (Lipinski definition) is 2. The Hall–Kier alpha value is -3.63. The fourth-order valence-corrected chi connectivity index (χ4v) is 4.75. The Morgan fingerprint density at radius 1 is 0.939 bits per heavy atom. The number of fused-ring (bicyclic) bond motifs is 2. The van der Waals surface area contributed by atoms with Gasteiger partial charge >= 0.3 is 0 Å². The Morgan fingerprint density at radius 2 is 1.67 bits per heavy atom. The largest absolute Gasteiger partial charge is 0.457 e. The highest BCUT2D eigenvalue weighted by molar-refractivity contribution is 5.98. The number of rotatable bonds is 4. The number of nitrogens with one attached hydrogen (secondary N) is 1. The van der Waals surface area contributed by atoms with Gasteiger partial charge in [0.05, 0.1) is 0 Å². The number of allylic oxidation sites excluding steroid dienone is 3. The fraction of sp³-hybridized carbons (Fsp3) is 0.207. The zero-order valence-corrected chi connectivity index (χ0v) is 19.1. The lowest BCUT2D eigenvalue weighted by atomic mass is 9.75. The molecule has 4 nitrogen and oxygen atoms in total. The lowest BCUT2D eigenvalue weighted by Gasteiger charge is -2.36. The average Bonchev–Trinajstić information content (AvgIpc) is 2.85. The van der Waals surface area contributed by atoms with Crippen molar-refractivity contribution in [3.05, 3.63) is 119 Å². The molecule has 1 aliphatic carbocycles. The minimum Gasteiger partial charge on any atom is -0.457 e. The molecule has 0 saturated carbocycles. The highest BCUT2D eigenvalue weighted by atomic mass is 16.5. The number of amidine groups is 1. The monoisotopic (exact) mass is 435 g/mol. The van der Waals surface area contributed by atoms with Gasteiger partial charge in [-0.05, 0) is 36.6 Å². The van der Waals surface area contributed by atoms with E-state index in [9.17, 15) is 5.41 Å².